The molecule has 2 aliphatic rings. The molecule has 98 valence electrons. The molecule has 1 unspecified atom stereocenters. The van der Waals surface area contributed by atoms with Crippen LogP contribution in [0.4, 0.5) is 0 Å². The molecule has 0 aromatic heterocycles. The van der Waals surface area contributed by atoms with Crippen LogP contribution in [0.3, 0.4) is 0 Å². The highest BCUT2D eigenvalue weighted by atomic mass is 79.9. The Kier molecular flexibility index (Phi) is 3.90. The van der Waals surface area contributed by atoms with E-state index >= 15 is 0 Å². The Morgan fingerprint density at radius 2 is 2.00 bits per heavy atom. The number of hydrogen-bond donors (Lipinski definition) is 0. The number of benzene rings is 1. The molecule has 0 radical (unpaired) electrons. The van der Waals surface area contributed by atoms with Gasteiger partial charge in [-0.05, 0) is 43.5 Å². The average molecular weight is 310 g/mol. The van der Waals surface area contributed by atoms with Gasteiger partial charge in [-0.25, -0.2) is 0 Å². The number of hydrogen-bond acceptors (Lipinski definition) is 2. The third-order valence-electron chi connectivity index (χ3n) is 4.10. The van der Waals surface area contributed by atoms with E-state index in [9.17, 15) is 0 Å². The van der Waals surface area contributed by atoms with Crippen LogP contribution in [-0.4, -0.2) is 36.0 Å². The number of ether oxygens (including phenoxy) is 1. The Hall–Kier alpha value is -0.540. The molecule has 1 aromatic carbocycles. The van der Waals surface area contributed by atoms with Gasteiger partial charge in [-0.1, -0.05) is 34.1 Å². The monoisotopic (exact) mass is 309 g/mol. The summed E-state index contributed by atoms with van der Waals surface area (Å²) in [5, 5.41) is 1.16. The minimum atomic E-state index is 0.364. The third-order valence-corrected chi connectivity index (χ3v) is 5.02. The van der Waals surface area contributed by atoms with Crippen LogP contribution in [0.25, 0.3) is 0 Å². The van der Waals surface area contributed by atoms with Crippen molar-refractivity contribution in [2.45, 2.75) is 25.4 Å². The summed E-state index contributed by atoms with van der Waals surface area (Å²) in [6.07, 6.45) is 4.09. The Balaban J connectivity index is 1.51. The van der Waals surface area contributed by atoms with Crippen molar-refractivity contribution in [1.29, 1.82) is 0 Å². The minimum Gasteiger partial charge on any atom is -0.488 e. The van der Waals surface area contributed by atoms with Gasteiger partial charge in [0.25, 0.3) is 0 Å². The van der Waals surface area contributed by atoms with E-state index < -0.39 is 0 Å². The third kappa shape index (κ3) is 2.72. The largest absolute Gasteiger partial charge is 0.488 e. The van der Waals surface area contributed by atoms with Gasteiger partial charge in [0.1, 0.15) is 11.9 Å². The van der Waals surface area contributed by atoms with E-state index in [4.69, 9.17) is 4.74 Å². The van der Waals surface area contributed by atoms with Crippen LogP contribution in [0, 0.1) is 5.92 Å². The van der Waals surface area contributed by atoms with Crippen molar-refractivity contribution in [2.24, 2.45) is 5.92 Å². The second-order valence-electron chi connectivity index (χ2n) is 5.45. The molecule has 0 saturated carbocycles. The minimum absolute atomic E-state index is 0.364. The first-order valence-corrected chi connectivity index (χ1v) is 8.00. The fourth-order valence-corrected chi connectivity index (χ4v) is 3.61. The number of likely N-dealkylation sites (tertiary alicyclic amines) is 1. The number of alkyl halides is 1. The molecular formula is C15H20BrNO. The maximum atomic E-state index is 6.01. The van der Waals surface area contributed by atoms with E-state index in [1.54, 1.807) is 0 Å². The summed E-state index contributed by atoms with van der Waals surface area (Å²) < 4.78 is 6.01. The highest BCUT2D eigenvalue weighted by Gasteiger charge is 2.26. The van der Waals surface area contributed by atoms with E-state index in [2.05, 4.69) is 45.1 Å². The molecule has 1 aromatic rings. The molecule has 2 heterocycles. The van der Waals surface area contributed by atoms with E-state index in [-0.39, 0.29) is 0 Å². The van der Waals surface area contributed by atoms with Crippen LogP contribution in [0.5, 0.6) is 5.75 Å². The standard InChI is InChI=1S/C15H20BrNO/c16-10-12-5-7-17(8-6-12)11-14-9-13-3-1-2-4-15(13)18-14/h1-4,12,14H,5-11H2. The molecule has 3 rings (SSSR count). The topological polar surface area (TPSA) is 12.5 Å². The maximum absolute atomic E-state index is 6.01. The number of fused-ring (bicyclic) bond motifs is 1. The molecule has 3 heteroatoms. The zero-order valence-corrected chi connectivity index (χ0v) is 12.2. The molecule has 0 N–H and O–H groups in total. The lowest BCUT2D eigenvalue weighted by molar-refractivity contribution is 0.121. The molecule has 1 saturated heterocycles. The number of nitrogens with zero attached hydrogens (tertiary/aromatic N) is 1. The summed E-state index contributed by atoms with van der Waals surface area (Å²) in [7, 11) is 0. The van der Waals surface area contributed by atoms with Crippen molar-refractivity contribution in [3.05, 3.63) is 29.8 Å². The first kappa shape index (κ1) is 12.5. The molecule has 18 heavy (non-hydrogen) atoms. The summed E-state index contributed by atoms with van der Waals surface area (Å²) in [5.41, 5.74) is 1.37. The number of rotatable bonds is 3. The van der Waals surface area contributed by atoms with Gasteiger partial charge in [-0.2, -0.15) is 0 Å². The van der Waals surface area contributed by atoms with E-state index in [1.165, 1.54) is 31.5 Å². The van der Waals surface area contributed by atoms with Crippen molar-refractivity contribution in [3.63, 3.8) is 0 Å². The Morgan fingerprint density at radius 3 is 2.72 bits per heavy atom. The lowest BCUT2D eigenvalue weighted by atomic mass is 9.98. The van der Waals surface area contributed by atoms with Gasteiger partial charge >= 0.3 is 0 Å². The van der Waals surface area contributed by atoms with Gasteiger partial charge in [0.15, 0.2) is 0 Å². The molecule has 1 fully saturated rings. The first-order chi connectivity index (χ1) is 8.85. The van der Waals surface area contributed by atoms with Crippen LogP contribution in [0.15, 0.2) is 24.3 Å². The number of halogens is 1. The number of piperidine rings is 1. The fraction of sp³-hybridized carbons (Fsp3) is 0.600. The van der Waals surface area contributed by atoms with Gasteiger partial charge in [-0.15, -0.1) is 0 Å². The van der Waals surface area contributed by atoms with Crippen LogP contribution in [0.1, 0.15) is 18.4 Å². The van der Waals surface area contributed by atoms with Crippen molar-refractivity contribution in [3.8, 4) is 5.75 Å². The predicted octanol–water partition coefficient (Wildman–Crippen LogP) is 3.10. The van der Waals surface area contributed by atoms with Gasteiger partial charge in [0.05, 0.1) is 0 Å². The van der Waals surface area contributed by atoms with E-state index in [1.807, 2.05) is 0 Å². The van der Waals surface area contributed by atoms with Crippen molar-refractivity contribution in [2.75, 3.05) is 25.0 Å². The first-order valence-electron chi connectivity index (χ1n) is 6.88. The summed E-state index contributed by atoms with van der Waals surface area (Å²) >= 11 is 3.60. The Labute approximate surface area is 117 Å². The molecule has 1 atom stereocenters. The quantitative estimate of drug-likeness (QED) is 0.796. The highest BCUT2D eigenvalue weighted by molar-refractivity contribution is 9.09. The molecule has 0 amide bonds. The fourth-order valence-electron chi connectivity index (χ4n) is 2.97. The van der Waals surface area contributed by atoms with Crippen molar-refractivity contribution < 1.29 is 4.74 Å². The molecule has 2 aliphatic heterocycles. The van der Waals surface area contributed by atoms with Gasteiger partial charge < -0.3 is 4.74 Å². The highest BCUT2D eigenvalue weighted by Crippen LogP contribution is 2.29. The second-order valence-corrected chi connectivity index (χ2v) is 6.10. The zero-order chi connectivity index (χ0) is 12.4. The summed E-state index contributed by atoms with van der Waals surface area (Å²) in [6.45, 7) is 3.54. The SMILES string of the molecule is BrCC1CCN(CC2Cc3ccccc3O2)CC1. The predicted molar refractivity (Wildman–Crippen MR) is 77.5 cm³/mol. The molecule has 2 nitrogen and oxygen atoms in total. The zero-order valence-electron chi connectivity index (χ0n) is 10.6. The lowest BCUT2D eigenvalue weighted by Crippen LogP contribution is -2.40. The summed E-state index contributed by atoms with van der Waals surface area (Å²) in [6, 6.07) is 8.44. The number of para-hydroxylation sites is 1. The second kappa shape index (κ2) is 5.62. The van der Waals surface area contributed by atoms with Gasteiger partial charge in [0, 0.05) is 18.3 Å². The smallest absolute Gasteiger partial charge is 0.123 e. The summed E-state index contributed by atoms with van der Waals surface area (Å²) in [4.78, 5) is 2.57. The van der Waals surface area contributed by atoms with Gasteiger partial charge in [-0.3, -0.25) is 4.90 Å². The van der Waals surface area contributed by atoms with Crippen LogP contribution in [0.2, 0.25) is 0 Å². The van der Waals surface area contributed by atoms with Crippen LogP contribution in [-0.2, 0) is 6.42 Å². The Morgan fingerprint density at radius 1 is 1.22 bits per heavy atom. The van der Waals surface area contributed by atoms with Crippen LogP contribution >= 0.6 is 15.9 Å². The molecule has 0 aliphatic carbocycles. The van der Waals surface area contributed by atoms with Crippen molar-refractivity contribution in [1.82, 2.24) is 4.90 Å². The van der Waals surface area contributed by atoms with Crippen LogP contribution < -0.4 is 4.74 Å². The van der Waals surface area contributed by atoms with Crippen molar-refractivity contribution >= 4 is 15.9 Å². The lowest BCUT2D eigenvalue weighted by Gasteiger charge is -2.32. The van der Waals surface area contributed by atoms with E-state index in [0.29, 0.717) is 6.10 Å². The van der Waals surface area contributed by atoms with E-state index in [0.717, 1.165) is 30.0 Å². The maximum Gasteiger partial charge on any atom is 0.123 e. The summed E-state index contributed by atoms with van der Waals surface area (Å²) in [5.74, 6) is 1.97. The normalized spacial score (nSPS) is 24.8. The van der Waals surface area contributed by atoms with Gasteiger partial charge in [0.2, 0.25) is 0 Å². The molecule has 0 bridgehead atoms. The molecular weight excluding hydrogens is 290 g/mol. The Bertz CT molecular complexity index is 376. The average Bonchev–Trinajstić information content (AvgIpc) is 2.82. The molecule has 0 spiro atoms.